The second-order valence-corrected chi connectivity index (χ2v) is 8.64. The third kappa shape index (κ3) is 5.80. The maximum Gasteiger partial charge on any atom is 0.410 e. The number of amides is 2. The zero-order chi connectivity index (χ0) is 24.1. The molecule has 1 aliphatic heterocycles. The molecule has 0 spiro atoms. The van der Waals surface area contributed by atoms with Crippen molar-refractivity contribution in [3.8, 4) is 11.1 Å². The summed E-state index contributed by atoms with van der Waals surface area (Å²) in [5.41, 5.74) is 4.30. The maximum atomic E-state index is 13.2. The van der Waals surface area contributed by atoms with Crippen molar-refractivity contribution < 1.29 is 18.7 Å². The summed E-state index contributed by atoms with van der Waals surface area (Å²) >= 11 is 0. The molecule has 1 N–H and O–H groups in total. The lowest BCUT2D eigenvalue weighted by molar-refractivity contribution is 0.0951. The number of likely N-dealkylation sites (N-methyl/N-ethyl adjacent to an activating group) is 1. The minimum atomic E-state index is -0.404. The third-order valence-corrected chi connectivity index (χ3v) is 5.76. The van der Waals surface area contributed by atoms with E-state index in [0.29, 0.717) is 25.2 Å². The lowest BCUT2D eigenvalue weighted by atomic mass is 10.0. The Morgan fingerprint density at radius 2 is 1.79 bits per heavy atom. The van der Waals surface area contributed by atoms with Gasteiger partial charge in [0.05, 0.1) is 6.54 Å². The van der Waals surface area contributed by atoms with Crippen molar-refractivity contribution in [1.29, 1.82) is 0 Å². The van der Waals surface area contributed by atoms with Crippen LogP contribution in [0.2, 0.25) is 0 Å². The van der Waals surface area contributed by atoms with Crippen LogP contribution in [-0.4, -0.2) is 55.5 Å². The molecule has 3 aromatic carbocycles. The van der Waals surface area contributed by atoms with E-state index in [9.17, 15) is 14.0 Å². The molecule has 6 nitrogen and oxygen atoms in total. The summed E-state index contributed by atoms with van der Waals surface area (Å²) in [5.74, 6) is -0.413. The quantitative estimate of drug-likeness (QED) is 0.538. The Labute approximate surface area is 198 Å². The fourth-order valence-electron chi connectivity index (χ4n) is 3.85. The van der Waals surface area contributed by atoms with Crippen molar-refractivity contribution in [3.63, 3.8) is 0 Å². The second kappa shape index (κ2) is 10.5. The van der Waals surface area contributed by atoms with Gasteiger partial charge in [0.25, 0.3) is 5.91 Å². The van der Waals surface area contributed by atoms with Gasteiger partial charge >= 0.3 is 6.09 Å². The minimum absolute atomic E-state index is 0.0939. The van der Waals surface area contributed by atoms with Crippen LogP contribution < -0.4 is 5.32 Å². The first kappa shape index (κ1) is 23.4. The van der Waals surface area contributed by atoms with Gasteiger partial charge in [-0.15, -0.1) is 0 Å². The van der Waals surface area contributed by atoms with Gasteiger partial charge in [-0.2, -0.15) is 0 Å². The lowest BCUT2D eigenvalue weighted by Crippen LogP contribution is -2.31. The summed E-state index contributed by atoms with van der Waals surface area (Å²) in [5, 5.41) is 2.93. The van der Waals surface area contributed by atoms with E-state index in [0.717, 1.165) is 28.8 Å². The Hall–Kier alpha value is -3.71. The number of ether oxygens (including phenoxy) is 1. The number of cyclic esters (lactones) is 1. The monoisotopic (exact) mass is 461 g/mol. The summed E-state index contributed by atoms with van der Waals surface area (Å²) in [4.78, 5) is 28.4. The van der Waals surface area contributed by atoms with Crippen molar-refractivity contribution in [1.82, 2.24) is 15.1 Å². The highest BCUT2D eigenvalue weighted by atomic mass is 19.1. The molecule has 4 rings (SSSR count). The van der Waals surface area contributed by atoms with Gasteiger partial charge < -0.3 is 15.0 Å². The Balaban J connectivity index is 1.38. The Morgan fingerprint density at radius 1 is 1.06 bits per heavy atom. The van der Waals surface area contributed by atoms with Gasteiger partial charge in [-0.05, 0) is 60.6 Å². The average molecular weight is 462 g/mol. The van der Waals surface area contributed by atoms with Gasteiger partial charge in [-0.3, -0.25) is 9.69 Å². The summed E-state index contributed by atoms with van der Waals surface area (Å²) in [6.07, 6.45) is -0.787. The van der Waals surface area contributed by atoms with E-state index in [-0.39, 0.29) is 17.8 Å². The number of benzene rings is 3. The van der Waals surface area contributed by atoms with E-state index < -0.39 is 6.10 Å². The number of nitrogens with zero attached hydrogens (tertiary/aromatic N) is 2. The summed E-state index contributed by atoms with van der Waals surface area (Å²) in [6.45, 7) is 2.20. The molecule has 0 unspecified atom stereocenters. The van der Waals surface area contributed by atoms with Crippen LogP contribution in [0.5, 0.6) is 0 Å². The van der Waals surface area contributed by atoms with E-state index in [1.165, 1.54) is 12.1 Å². The van der Waals surface area contributed by atoms with E-state index in [1.54, 1.807) is 23.1 Å². The summed E-state index contributed by atoms with van der Waals surface area (Å²) in [7, 11) is 3.93. The predicted molar refractivity (Wildman–Crippen MR) is 129 cm³/mol. The van der Waals surface area contributed by atoms with Gasteiger partial charge in [0, 0.05) is 25.2 Å². The van der Waals surface area contributed by atoms with Crippen molar-refractivity contribution in [3.05, 3.63) is 95.3 Å². The minimum Gasteiger partial charge on any atom is -0.439 e. The number of halogens is 1. The van der Waals surface area contributed by atoms with E-state index in [1.807, 2.05) is 61.5 Å². The molecule has 0 aliphatic carbocycles. The van der Waals surface area contributed by atoms with E-state index in [2.05, 4.69) is 5.32 Å². The first-order valence-electron chi connectivity index (χ1n) is 11.2. The molecule has 3 aromatic rings. The SMILES string of the molecule is CN(C)CCNC(=O)c1cccc(-c2ccc(CN3C[C@@H](c4ccc(F)cc4)OC3=O)cc2)c1. The molecule has 0 radical (unpaired) electrons. The molecule has 176 valence electrons. The first-order valence-corrected chi connectivity index (χ1v) is 11.2. The number of nitrogens with one attached hydrogen (secondary N) is 1. The van der Waals surface area contributed by atoms with Crippen molar-refractivity contribution in [2.45, 2.75) is 12.6 Å². The maximum absolute atomic E-state index is 13.2. The number of hydrogen-bond donors (Lipinski definition) is 1. The van der Waals surface area contributed by atoms with Crippen LogP contribution in [0.1, 0.15) is 27.6 Å². The molecule has 1 fully saturated rings. The fraction of sp³-hybridized carbons (Fsp3) is 0.259. The van der Waals surface area contributed by atoms with Crippen LogP contribution >= 0.6 is 0 Å². The fourth-order valence-corrected chi connectivity index (χ4v) is 3.85. The molecule has 1 aliphatic rings. The van der Waals surface area contributed by atoms with Crippen molar-refractivity contribution >= 4 is 12.0 Å². The standard InChI is InChI=1S/C27H28FN3O3/c1-30(2)15-14-29-26(32)23-5-3-4-22(16-23)20-8-6-19(7-9-20)17-31-18-25(34-27(31)33)21-10-12-24(28)13-11-21/h3-13,16,25H,14-15,17-18H2,1-2H3,(H,29,32)/t25-/m0/s1. The van der Waals surface area contributed by atoms with Gasteiger partial charge in [0.15, 0.2) is 0 Å². The number of carbonyl (C=O) groups is 2. The van der Waals surface area contributed by atoms with Crippen LogP contribution in [0.15, 0.2) is 72.8 Å². The molecule has 7 heteroatoms. The van der Waals surface area contributed by atoms with Crippen LogP contribution in [0.25, 0.3) is 11.1 Å². The van der Waals surface area contributed by atoms with Gasteiger partial charge in [-0.1, -0.05) is 48.5 Å². The molecule has 1 heterocycles. The number of rotatable bonds is 8. The Bertz CT molecular complexity index is 1150. The Kier molecular flexibility index (Phi) is 7.23. The molecule has 1 saturated heterocycles. The molecule has 2 amide bonds. The molecule has 1 atom stereocenters. The average Bonchev–Trinajstić information content (AvgIpc) is 3.19. The third-order valence-electron chi connectivity index (χ3n) is 5.76. The number of hydrogen-bond acceptors (Lipinski definition) is 4. The molecular weight excluding hydrogens is 433 g/mol. The topological polar surface area (TPSA) is 61.9 Å². The smallest absolute Gasteiger partial charge is 0.410 e. The summed E-state index contributed by atoms with van der Waals surface area (Å²) < 4.78 is 18.6. The van der Waals surface area contributed by atoms with Gasteiger partial charge in [-0.25, -0.2) is 9.18 Å². The van der Waals surface area contributed by atoms with Crippen LogP contribution in [0, 0.1) is 5.82 Å². The second-order valence-electron chi connectivity index (χ2n) is 8.64. The van der Waals surface area contributed by atoms with E-state index >= 15 is 0 Å². The highest BCUT2D eigenvalue weighted by Gasteiger charge is 2.32. The van der Waals surface area contributed by atoms with Gasteiger partial charge in [0.1, 0.15) is 11.9 Å². The zero-order valence-corrected chi connectivity index (χ0v) is 19.3. The molecule has 0 saturated carbocycles. The molecule has 0 aromatic heterocycles. The van der Waals surface area contributed by atoms with E-state index in [4.69, 9.17) is 4.74 Å². The summed E-state index contributed by atoms with van der Waals surface area (Å²) in [6, 6.07) is 21.5. The van der Waals surface area contributed by atoms with Gasteiger partial charge in [0.2, 0.25) is 0 Å². The predicted octanol–water partition coefficient (Wildman–Crippen LogP) is 4.48. The largest absolute Gasteiger partial charge is 0.439 e. The highest BCUT2D eigenvalue weighted by Crippen LogP contribution is 2.28. The first-order chi connectivity index (χ1) is 16.4. The zero-order valence-electron chi connectivity index (χ0n) is 19.3. The Morgan fingerprint density at radius 3 is 2.50 bits per heavy atom. The van der Waals surface area contributed by atoms with Crippen LogP contribution in [0.4, 0.5) is 9.18 Å². The molecular formula is C27H28FN3O3. The lowest BCUT2D eigenvalue weighted by Gasteiger charge is -2.14. The van der Waals surface area contributed by atoms with Crippen molar-refractivity contribution in [2.75, 3.05) is 33.7 Å². The van der Waals surface area contributed by atoms with Crippen LogP contribution in [-0.2, 0) is 11.3 Å². The number of carbonyl (C=O) groups excluding carboxylic acids is 2. The normalized spacial score (nSPS) is 15.5. The molecule has 0 bridgehead atoms. The molecule has 34 heavy (non-hydrogen) atoms. The van der Waals surface area contributed by atoms with Crippen molar-refractivity contribution in [2.24, 2.45) is 0 Å². The highest BCUT2D eigenvalue weighted by molar-refractivity contribution is 5.95. The van der Waals surface area contributed by atoms with Crippen LogP contribution in [0.3, 0.4) is 0 Å².